The van der Waals surface area contributed by atoms with E-state index in [0.29, 0.717) is 18.5 Å². The quantitative estimate of drug-likeness (QED) is 0.784. The standard InChI is InChI=1S/C19H23N3O3/c1-13(2)22-14(3)17(10-20-22)19(24)25-12-15-9-18(23)21(11-15)16-7-5-4-6-8-16/h4-8,10,13,15H,9,11-12H2,1-3H3. The van der Waals surface area contributed by atoms with Gasteiger partial charge in [0.25, 0.3) is 0 Å². The third-order valence-corrected chi connectivity index (χ3v) is 4.48. The molecule has 1 saturated heterocycles. The molecule has 0 saturated carbocycles. The number of hydrogen-bond acceptors (Lipinski definition) is 4. The first-order valence-electron chi connectivity index (χ1n) is 8.54. The summed E-state index contributed by atoms with van der Waals surface area (Å²) in [5.74, 6) is -0.303. The van der Waals surface area contributed by atoms with Crippen molar-refractivity contribution in [2.75, 3.05) is 18.1 Å². The molecule has 2 heterocycles. The van der Waals surface area contributed by atoms with Crippen molar-refractivity contribution in [1.82, 2.24) is 9.78 Å². The predicted octanol–water partition coefficient (Wildman–Crippen LogP) is 2.98. The van der Waals surface area contributed by atoms with Crippen molar-refractivity contribution in [3.63, 3.8) is 0 Å². The number of rotatable bonds is 5. The lowest BCUT2D eigenvalue weighted by molar-refractivity contribution is -0.117. The molecule has 1 aromatic heterocycles. The van der Waals surface area contributed by atoms with Crippen LogP contribution in [0.3, 0.4) is 0 Å². The van der Waals surface area contributed by atoms with Gasteiger partial charge in [0.15, 0.2) is 0 Å². The molecule has 6 nitrogen and oxygen atoms in total. The maximum absolute atomic E-state index is 12.3. The first-order valence-corrected chi connectivity index (χ1v) is 8.54. The summed E-state index contributed by atoms with van der Waals surface area (Å²) in [4.78, 5) is 26.3. The number of aromatic nitrogens is 2. The lowest BCUT2D eigenvalue weighted by Crippen LogP contribution is -2.25. The van der Waals surface area contributed by atoms with Crippen LogP contribution in [0.4, 0.5) is 5.69 Å². The van der Waals surface area contributed by atoms with Gasteiger partial charge in [-0.1, -0.05) is 18.2 Å². The Morgan fingerprint density at radius 2 is 2.04 bits per heavy atom. The minimum absolute atomic E-state index is 0.0112. The Hall–Kier alpha value is -2.63. The van der Waals surface area contributed by atoms with Gasteiger partial charge < -0.3 is 9.64 Å². The minimum atomic E-state index is -0.380. The number of para-hydroxylation sites is 1. The molecule has 3 rings (SSSR count). The zero-order chi connectivity index (χ0) is 18.0. The molecule has 0 N–H and O–H groups in total. The van der Waals surface area contributed by atoms with Crippen LogP contribution < -0.4 is 4.90 Å². The van der Waals surface area contributed by atoms with Crippen molar-refractivity contribution in [1.29, 1.82) is 0 Å². The fourth-order valence-corrected chi connectivity index (χ4v) is 3.17. The van der Waals surface area contributed by atoms with E-state index >= 15 is 0 Å². The number of esters is 1. The number of amides is 1. The van der Waals surface area contributed by atoms with Crippen LogP contribution in [0.5, 0.6) is 0 Å². The largest absolute Gasteiger partial charge is 0.462 e. The zero-order valence-electron chi connectivity index (χ0n) is 14.8. The molecule has 1 atom stereocenters. The van der Waals surface area contributed by atoms with Gasteiger partial charge in [-0.05, 0) is 32.9 Å². The van der Waals surface area contributed by atoms with E-state index < -0.39 is 0 Å². The molecule has 2 aromatic rings. The zero-order valence-corrected chi connectivity index (χ0v) is 14.8. The maximum Gasteiger partial charge on any atom is 0.341 e. The number of nitrogens with zero attached hydrogens (tertiary/aromatic N) is 3. The second kappa shape index (κ2) is 7.09. The number of hydrogen-bond donors (Lipinski definition) is 0. The lowest BCUT2D eigenvalue weighted by atomic mass is 10.1. The number of ether oxygens (including phenoxy) is 1. The van der Waals surface area contributed by atoms with Gasteiger partial charge in [-0.3, -0.25) is 9.48 Å². The first-order chi connectivity index (χ1) is 12.0. The summed E-state index contributed by atoms with van der Waals surface area (Å²) in [6, 6.07) is 9.75. The van der Waals surface area contributed by atoms with Crippen LogP contribution in [0.1, 0.15) is 42.4 Å². The summed E-state index contributed by atoms with van der Waals surface area (Å²) in [5, 5.41) is 4.23. The van der Waals surface area contributed by atoms with Crippen molar-refractivity contribution in [3.05, 3.63) is 47.8 Å². The van der Waals surface area contributed by atoms with E-state index in [-0.39, 0.29) is 30.4 Å². The third-order valence-electron chi connectivity index (χ3n) is 4.48. The Labute approximate surface area is 147 Å². The van der Waals surface area contributed by atoms with Gasteiger partial charge in [0.05, 0.1) is 18.5 Å². The number of anilines is 1. The van der Waals surface area contributed by atoms with Gasteiger partial charge in [0.2, 0.25) is 5.91 Å². The van der Waals surface area contributed by atoms with Crippen LogP contribution in [0.2, 0.25) is 0 Å². The molecule has 1 fully saturated rings. The van der Waals surface area contributed by atoms with Gasteiger partial charge in [-0.15, -0.1) is 0 Å². The summed E-state index contributed by atoms with van der Waals surface area (Å²) in [7, 11) is 0. The fraction of sp³-hybridized carbons (Fsp3) is 0.421. The van der Waals surface area contributed by atoms with Crippen LogP contribution in [0.25, 0.3) is 0 Å². The average molecular weight is 341 g/mol. The average Bonchev–Trinajstić information content (AvgIpc) is 3.16. The van der Waals surface area contributed by atoms with Crippen LogP contribution >= 0.6 is 0 Å². The Balaban J connectivity index is 1.59. The minimum Gasteiger partial charge on any atom is -0.462 e. The highest BCUT2D eigenvalue weighted by atomic mass is 16.5. The second-order valence-corrected chi connectivity index (χ2v) is 6.69. The van der Waals surface area contributed by atoms with Crippen molar-refractivity contribution >= 4 is 17.6 Å². The van der Waals surface area contributed by atoms with Gasteiger partial charge in [0, 0.05) is 30.6 Å². The molecule has 1 aromatic carbocycles. The van der Waals surface area contributed by atoms with E-state index in [4.69, 9.17) is 4.74 Å². The molecule has 0 spiro atoms. The van der Waals surface area contributed by atoms with Gasteiger partial charge in [-0.2, -0.15) is 5.10 Å². The highest BCUT2D eigenvalue weighted by Gasteiger charge is 2.31. The molecular formula is C19H23N3O3. The van der Waals surface area contributed by atoms with Gasteiger partial charge in [0.1, 0.15) is 5.56 Å². The Bertz CT molecular complexity index is 767. The first kappa shape index (κ1) is 17.2. The van der Waals surface area contributed by atoms with Crippen molar-refractivity contribution in [3.8, 4) is 0 Å². The van der Waals surface area contributed by atoms with Crippen molar-refractivity contribution < 1.29 is 14.3 Å². The summed E-state index contributed by atoms with van der Waals surface area (Å²) in [6.07, 6.45) is 1.94. The molecule has 1 aliphatic rings. The third kappa shape index (κ3) is 3.57. The van der Waals surface area contributed by atoms with Crippen LogP contribution in [0.15, 0.2) is 36.5 Å². The van der Waals surface area contributed by atoms with Crippen molar-refractivity contribution in [2.24, 2.45) is 5.92 Å². The molecular weight excluding hydrogens is 318 g/mol. The van der Waals surface area contributed by atoms with Crippen LogP contribution in [-0.4, -0.2) is 34.8 Å². The van der Waals surface area contributed by atoms with E-state index in [1.807, 2.05) is 51.1 Å². The molecule has 25 heavy (non-hydrogen) atoms. The molecule has 1 aliphatic heterocycles. The van der Waals surface area contributed by atoms with E-state index in [1.54, 1.807) is 15.8 Å². The van der Waals surface area contributed by atoms with Crippen LogP contribution in [0, 0.1) is 12.8 Å². The Morgan fingerprint density at radius 3 is 2.68 bits per heavy atom. The van der Waals surface area contributed by atoms with Crippen LogP contribution in [-0.2, 0) is 9.53 Å². The topological polar surface area (TPSA) is 64.4 Å². The molecule has 132 valence electrons. The SMILES string of the molecule is Cc1c(C(=O)OCC2CC(=O)N(c3ccccc3)C2)cnn1C(C)C. The molecule has 0 bridgehead atoms. The Morgan fingerprint density at radius 1 is 1.32 bits per heavy atom. The summed E-state index contributed by atoms with van der Waals surface area (Å²) in [5.41, 5.74) is 2.17. The smallest absolute Gasteiger partial charge is 0.341 e. The van der Waals surface area contributed by atoms with E-state index in [9.17, 15) is 9.59 Å². The highest BCUT2D eigenvalue weighted by Crippen LogP contribution is 2.25. The normalized spacial score (nSPS) is 17.4. The number of carbonyl (C=O) groups is 2. The molecule has 1 unspecified atom stereocenters. The highest BCUT2D eigenvalue weighted by molar-refractivity contribution is 5.95. The van der Waals surface area contributed by atoms with Gasteiger partial charge >= 0.3 is 5.97 Å². The summed E-state index contributed by atoms with van der Waals surface area (Å²) in [6.45, 7) is 6.69. The van der Waals surface area contributed by atoms with E-state index in [0.717, 1.165) is 11.4 Å². The number of carbonyl (C=O) groups excluding carboxylic acids is 2. The fourth-order valence-electron chi connectivity index (χ4n) is 3.17. The van der Waals surface area contributed by atoms with E-state index in [2.05, 4.69) is 5.10 Å². The summed E-state index contributed by atoms with van der Waals surface area (Å²) < 4.78 is 7.25. The second-order valence-electron chi connectivity index (χ2n) is 6.69. The lowest BCUT2D eigenvalue weighted by Gasteiger charge is -2.16. The van der Waals surface area contributed by atoms with Crippen molar-refractivity contribution in [2.45, 2.75) is 33.2 Å². The predicted molar refractivity (Wildman–Crippen MR) is 94.5 cm³/mol. The van der Waals surface area contributed by atoms with E-state index in [1.165, 1.54) is 0 Å². The van der Waals surface area contributed by atoms with Gasteiger partial charge in [-0.25, -0.2) is 4.79 Å². The monoisotopic (exact) mass is 341 g/mol. The number of benzene rings is 1. The summed E-state index contributed by atoms with van der Waals surface area (Å²) >= 11 is 0. The molecule has 0 aliphatic carbocycles. The molecule has 0 radical (unpaired) electrons. The molecule has 1 amide bonds. The Kier molecular flexibility index (Phi) is 4.88. The molecule has 6 heteroatoms. The maximum atomic E-state index is 12.3.